The highest BCUT2D eigenvalue weighted by atomic mass is 16.5. The van der Waals surface area contributed by atoms with E-state index in [1.165, 1.54) is 0 Å². The Morgan fingerprint density at radius 3 is 2.25 bits per heavy atom. The van der Waals surface area contributed by atoms with Crippen LogP contribution in [0.15, 0.2) is 0 Å². The number of hydrogen-bond donors (Lipinski definition) is 0. The normalized spacial score (nSPS) is 32.5. The fraction of sp³-hybridized carbons (Fsp3) is 0.900. The molecule has 0 saturated heterocycles. The van der Waals surface area contributed by atoms with Gasteiger partial charge in [0.05, 0.1) is 12.2 Å². The molecule has 0 N–H and O–H groups in total. The van der Waals surface area contributed by atoms with Gasteiger partial charge in [-0.05, 0) is 45.4 Å². The predicted molar refractivity (Wildman–Crippen MR) is 47.3 cm³/mol. The van der Waals surface area contributed by atoms with E-state index in [1.54, 1.807) is 0 Å². The Kier molecular flexibility index (Phi) is 4.62. The van der Waals surface area contributed by atoms with Crippen molar-refractivity contribution in [3.8, 4) is 0 Å². The molecule has 0 bridgehead atoms. The third kappa shape index (κ3) is 3.55. The first kappa shape index (κ1) is 10.0. The van der Waals surface area contributed by atoms with Crippen molar-refractivity contribution < 1.29 is 9.84 Å². The molecule has 70 valence electrons. The molecule has 1 aliphatic rings. The third-order valence-electron chi connectivity index (χ3n) is 2.46. The standard InChI is InChI=1S/C10H18O2/c1-2-12-10-7-3-5-9(11)6-4-8-10/h9-10H,1-8H2. The fourth-order valence-electron chi connectivity index (χ4n) is 1.77. The van der Waals surface area contributed by atoms with Gasteiger partial charge in [0.15, 0.2) is 0 Å². The zero-order valence-corrected chi connectivity index (χ0v) is 7.63. The van der Waals surface area contributed by atoms with E-state index in [0.717, 1.165) is 38.5 Å². The Hall–Kier alpha value is -0.0800. The Labute approximate surface area is 74.9 Å². The van der Waals surface area contributed by atoms with Gasteiger partial charge in [-0.15, -0.1) is 0 Å². The van der Waals surface area contributed by atoms with Gasteiger partial charge in [-0.1, -0.05) is 0 Å². The smallest absolute Gasteiger partial charge is 0.0930 e. The highest BCUT2D eigenvalue weighted by Gasteiger charge is 2.15. The van der Waals surface area contributed by atoms with Crippen molar-refractivity contribution in [3.05, 3.63) is 6.92 Å². The Bertz CT molecular complexity index is 104. The highest BCUT2D eigenvalue weighted by Crippen LogP contribution is 2.19. The van der Waals surface area contributed by atoms with Crippen LogP contribution >= 0.6 is 0 Å². The molecule has 2 nitrogen and oxygen atoms in total. The van der Waals surface area contributed by atoms with Gasteiger partial charge in [-0.3, -0.25) is 0 Å². The van der Waals surface area contributed by atoms with E-state index in [4.69, 9.17) is 4.74 Å². The van der Waals surface area contributed by atoms with Crippen LogP contribution in [0.25, 0.3) is 0 Å². The maximum atomic E-state index is 11.1. The van der Waals surface area contributed by atoms with E-state index >= 15 is 0 Å². The van der Waals surface area contributed by atoms with Crippen molar-refractivity contribution in [2.24, 2.45) is 0 Å². The molecule has 2 radical (unpaired) electrons. The lowest BCUT2D eigenvalue weighted by Crippen LogP contribution is -2.18. The first-order chi connectivity index (χ1) is 5.83. The molecule has 0 aliphatic heterocycles. The predicted octanol–water partition coefficient (Wildman–Crippen LogP) is 2.36. The van der Waals surface area contributed by atoms with E-state index < -0.39 is 0 Å². The molecule has 0 heterocycles. The summed E-state index contributed by atoms with van der Waals surface area (Å²) in [5.41, 5.74) is 0. The maximum Gasteiger partial charge on any atom is 0.0930 e. The van der Waals surface area contributed by atoms with Gasteiger partial charge in [-0.25, -0.2) is 5.11 Å². The molecule has 12 heavy (non-hydrogen) atoms. The van der Waals surface area contributed by atoms with E-state index in [2.05, 4.69) is 6.92 Å². The molecule has 0 atom stereocenters. The van der Waals surface area contributed by atoms with Gasteiger partial charge in [0.1, 0.15) is 0 Å². The monoisotopic (exact) mass is 170 g/mol. The van der Waals surface area contributed by atoms with Crippen molar-refractivity contribution in [1.29, 1.82) is 0 Å². The molecule has 0 unspecified atom stereocenters. The fourth-order valence-corrected chi connectivity index (χ4v) is 1.77. The first-order valence-corrected chi connectivity index (χ1v) is 4.89. The molecular formula is C10H18O2. The molecule has 0 spiro atoms. The topological polar surface area (TPSA) is 29.1 Å². The van der Waals surface area contributed by atoms with E-state index in [1.807, 2.05) is 0 Å². The summed E-state index contributed by atoms with van der Waals surface area (Å²) in [6.45, 7) is 4.23. The lowest BCUT2D eigenvalue weighted by Gasteiger charge is -2.20. The second-order valence-corrected chi connectivity index (χ2v) is 3.48. The molecular weight excluding hydrogens is 152 g/mol. The molecule has 0 aromatic rings. The summed E-state index contributed by atoms with van der Waals surface area (Å²) in [6.07, 6.45) is 5.87. The van der Waals surface area contributed by atoms with Gasteiger partial charge in [0, 0.05) is 6.61 Å². The average Bonchev–Trinajstić information content (AvgIpc) is 2.00. The van der Waals surface area contributed by atoms with E-state index in [9.17, 15) is 5.11 Å². The summed E-state index contributed by atoms with van der Waals surface area (Å²) < 4.78 is 5.44. The van der Waals surface area contributed by atoms with Crippen molar-refractivity contribution >= 4 is 0 Å². The molecule has 1 fully saturated rings. The quantitative estimate of drug-likeness (QED) is 0.625. The van der Waals surface area contributed by atoms with Crippen LogP contribution < -0.4 is 0 Å². The second kappa shape index (κ2) is 5.55. The minimum Gasteiger partial charge on any atom is -0.378 e. The lowest BCUT2D eigenvalue weighted by atomic mass is 9.97. The van der Waals surface area contributed by atoms with Crippen LogP contribution in [0.4, 0.5) is 0 Å². The minimum atomic E-state index is -0.314. The Balaban J connectivity index is 2.20. The van der Waals surface area contributed by atoms with E-state index in [-0.39, 0.29) is 6.10 Å². The number of hydrogen-bond acceptors (Lipinski definition) is 1. The van der Waals surface area contributed by atoms with Crippen LogP contribution in [0.1, 0.15) is 38.5 Å². The lowest BCUT2D eigenvalue weighted by molar-refractivity contribution is 0.0215. The van der Waals surface area contributed by atoms with Crippen LogP contribution in [0, 0.1) is 6.92 Å². The number of rotatable bonds is 2. The van der Waals surface area contributed by atoms with Gasteiger partial charge < -0.3 is 4.74 Å². The van der Waals surface area contributed by atoms with Gasteiger partial charge in [0.2, 0.25) is 0 Å². The van der Waals surface area contributed by atoms with Crippen LogP contribution in [0.3, 0.4) is 0 Å². The van der Waals surface area contributed by atoms with Crippen LogP contribution in [-0.4, -0.2) is 18.8 Å². The summed E-state index contributed by atoms with van der Waals surface area (Å²) in [5, 5.41) is 11.1. The zero-order chi connectivity index (χ0) is 8.81. The second-order valence-electron chi connectivity index (χ2n) is 3.48. The molecule has 0 amide bonds. The van der Waals surface area contributed by atoms with Crippen molar-refractivity contribution in [1.82, 2.24) is 0 Å². The first-order valence-electron chi connectivity index (χ1n) is 4.89. The van der Waals surface area contributed by atoms with Gasteiger partial charge in [-0.2, -0.15) is 0 Å². The summed E-state index contributed by atoms with van der Waals surface area (Å²) >= 11 is 0. The molecule has 1 aliphatic carbocycles. The van der Waals surface area contributed by atoms with Crippen molar-refractivity contribution in [3.63, 3.8) is 0 Å². The van der Waals surface area contributed by atoms with Gasteiger partial charge >= 0.3 is 0 Å². The van der Waals surface area contributed by atoms with Crippen LogP contribution in [-0.2, 0) is 9.84 Å². The van der Waals surface area contributed by atoms with Gasteiger partial charge in [0.25, 0.3) is 0 Å². The molecule has 0 aromatic heterocycles. The summed E-state index contributed by atoms with van der Waals surface area (Å²) in [4.78, 5) is 0. The summed E-state index contributed by atoms with van der Waals surface area (Å²) in [7, 11) is 0. The SMILES string of the molecule is [CH2]COC1CCCC([O])CCC1. The molecule has 1 rings (SSSR count). The summed E-state index contributed by atoms with van der Waals surface area (Å²) in [6, 6.07) is 0. The zero-order valence-electron chi connectivity index (χ0n) is 7.63. The average molecular weight is 170 g/mol. The van der Waals surface area contributed by atoms with Crippen LogP contribution in [0.2, 0.25) is 0 Å². The third-order valence-corrected chi connectivity index (χ3v) is 2.46. The van der Waals surface area contributed by atoms with E-state index in [0.29, 0.717) is 12.7 Å². The number of ether oxygens (including phenoxy) is 1. The summed E-state index contributed by atoms with van der Waals surface area (Å²) in [5.74, 6) is 0. The minimum absolute atomic E-state index is 0.314. The van der Waals surface area contributed by atoms with Crippen LogP contribution in [0.5, 0.6) is 0 Å². The highest BCUT2D eigenvalue weighted by molar-refractivity contribution is 4.67. The molecule has 0 aromatic carbocycles. The maximum absolute atomic E-state index is 11.1. The Morgan fingerprint density at radius 2 is 1.75 bits per heavy atom. The Morgan fingerprint density at radius 1 is 1.17 bits per heavy atom. The van der Waals surface area contributed by atoms with Crippen molar-refractivity contribution in [2.45, 2.75) is 50.7 Å². The van der Waals surface area contributed by atoms with Crippen molar-refractivity contribution in [2.75, 3.05) is 6.61 Å². The molecule has 1 saturated carbocycles. The molecule has 2 heteroatoms. The largest absolute Gasteiger partial charge is 0.378 e.